The first-order chi connectivity index (χ1) is 22.5. The first kappa shape index (κ1) is 35.3. The molecule has 10 nitrogen and oxygen atoms in total. The summed E-state index contributed by atoms with van der Waals surface area (Å²) in [5, 5.41) is 2.89. The van der Waals surface area contributed by atoms with Gasteiger partial charge in [-0.05, 0) is 127 Å². The van der Waals surface area contributed by atoms with Gasteiger partial charge in [0.25, 0.3) is 16.0 Å². The summed E-state index contributed by atoms with van der Waals surface area (Å²) in [6.45, 7) is 9.55. The van der Waals surface area contributed by atoms with Crippen LogP contribution in [-0.2, 0) is 29.4 Å². The fraction of sp³-hybridized carbons (Fsp3) is 0.649. The molecule has 1 heterocycles. The van der Waals surface area contributed by atoms with E-state index in [0.717, 1.165) is 43.1 Å². The highest BCUT2D eigenvalue weighted by Gasteiger charge is 2.66. The number of carbonyl (C=O) groups excluding carboxylic acids is 1. The van der Waals surface area contributed by atoms with Crippen LogP contribution in [0.3, 0.4) is 0 Å². The van der Waals surface area contributed by atoms with Gasteiger partial charge in [0, 0.05) is 36.8 Å². The second-order valence-electron chi connectivity index (χ2n) is 16.1. The van der Waals surface area contributed by atoms with E-state index in [9.17, 15) is 13.2 Å². The quantitative estimate of drug-likeness (QED) is 0.222. The van der Waals surface area contributed by atoms with E-state index >= 15 is 0 Å². The molecule has 0 unspecified atom stereocenters. The molecule has 48 heavy (non-hydrogen) atoms. The molecule has 0 aromatic heterocycles. The van der Waals surface area contributed by atoms with E-state index < -0.39 is 32.8 Å². The molecule has 4 bridgehead atoms. The fourth-order valence-corrected chi connectivity index (χ4v) is 9.05. The lowest BCUT2D eigenvalue weighted by atomic mass is 9.53. The number of aryl methyl sites for hydroxylation is 1. The molecule has 1 aliphatic heterocycles. The number of benzene rings is 2. The minimum atomic E-state index is -4.02. The molecule has 0 radical (unpaired) electrons. The zero-order valence-corrected chi connectivity index (χ0v) is 29.7. The van der Waals surface area contributed by atoms with Crippen molar-refractivity contribution in [1.82, 2.24) is 5.32 Å². The van der Waals surface area contributed by atoms with Crippen molar-refractivity contribution < 1.29 is 37.0 Å². The Kier molecular flexibility index (Phi) is 9.54. The van der Waals surface area contributed by atoms with Gasteiger partial charge in [-0.25, -0.2) is 0 Å². The van der Waals surface area contributed by atoms with Crippen molar-refractivity contribution in [2.75, 3.05) is 6.54 Å². The van der Waals surface area contributed by atoms with Gasteiger partial charge >= 0.3 is 0 Å². The van der Waals surface area contributed by atoms with Gasteiger partial charge in [0.15, 0.2) is 5.60 Å². The average molecular weight is 685 g/mol. The molecule has 264 valence electrons. The van der Waals surface area contributed by atoms with Crippen LogP contribution >= 0.6 is 0 Å². The number of carbonyl (C=O) groups is 1. The average Bonchev–Trinajstić information content (AvgIpc) is 3.38. The third-order valence-corrected chi connectivity index (χ3v) is 11.9. The SMILES string of the molecule is CC(C)(N)CNC(=O)C(C)(C)Oc1ccc(C2CCC3(CC2)OOC2(O3)C3CC4CC(C3)CC2C4)cc1.Cc1ccc(S(=O)(=O)O)cc1. The number of nitrogens with two attached hydrogens (primary N) is 1. The Morgan fingerprint density at radius 3 is 2.00 bits per heavy atom. The molecular weight excluding hydrogens is 632 g/mol. The van der Waals surface area contributed by atoms with Crippen LogP contribution in [0.1, 0.15) is 103 Å². The number of nitrogens with one attached hydrogen (secondary N) is 1. The maximum atomic E-state index is 12.6. The molecule has 2 aromatic rings. The molecule has 0 atom stereocenters. The minimum absolute atomic E-state index is 0.0666. The molecule has 1 amide bonds. The monoisotopic (exact) mass is 684 g/mol. The Balaban J connectivity index is 0.000000312. The zero-order valence-electron chi connectivity index (χ0n) is 28.9. The Bertz CT molecular complexity index is 1530. The van der Waals surface area contributed by atoms with E-state index in [2.05, 4.69) is 17.4 Å². The molecule has 6 aliphatic rings. The van der Waals surface area contributed by atoms with Crippen LogP contribution in [0, 0.1) is 30.6 Å². The predicted molar refractivity (Wildman–Crippen MR) is 180 cm³/mol. The molecule has 6 fully saturated rings. The van der Waals surface area contributed by atoms with E-state index in [4.69, 9.17) is 29.5 Å². The van der Waals surface area contributed by atoms with E-state index in [1.165, 1.54) is 49.8 Å². The lowest BCUT2D eigenvalue weighted by Crippen LogP contribution is -2.59. The van der Waals surface area contributed by atoms with Gasteiger partial charge in [-0.15, -0.1) is 0 Å². The maximum Gasteiger partial charge on any atom is 0.294 e. The molecule has 2 spiro atoms. The summed E-state index contributed by atoms with van der Waals surface area (Å²) in [4.78, 5) is 24.8. The highest BCUT2D eigenvalue weighted by atomic mass is 32.2. The van der Waals surface area contributed by atoms with Crippen LogP contribution in [0.25, 0.3) is 0 Å². The van der Waals surface area contributed by atoms with E-state index in [0.29, 0.717) is 30.0 Å². The van der Waals surface area contributed by atoms with Crippen molar-refractivity contribution in [2.24, 2.45) is 29.4 Å². The summed E-state index contributed by atoms with van der Waals surface area (Å²) in [5.41, 5.74) is 6.78. The Morgan fingerprint density at radius 2 is 1.48 bits per heavy atom. The van der Waals surface area contributed by atoms with Gasteiger partial charge in [-0.3, -0.25) is 9.35 Å². The molecule has 8 rings (SSSR count). The number of hydrogen-bond donors (Lipinski definition) is 3. The van der Waals surface area contributed by atoms with E-state index in [1.54, 1.807) is 26.0 Å². The maximum absolute atomic E-state index is 12.6. The number of rotatable bonds is 7. The first-order valence-corrected chi connectivity index (χ1v) is 18.9. The summed E-state index contributed by atoms with van der Waals surface area (Å²) < 4.78 is 42.5. The normalized spacial score (nSPS) is 32.6. The zero-order chi connectivity index (χ0) is 34.5. The largest absolute Gasteiger partial charge is 0.478 e. The molecule has 5 saturated carbocycles. The molecule has 5 aliphatic carbocycles. The molecule has 4 N–H and O–H groups in total. The third kappa shape index (κ3) is 7.61. The van der Waals surface area contributed by atoms with Crippen molar-refractivity contribution in [3.8, 4) is 5.75 Å². The van der Waals surface area contributed by atoms with E-state index in [-0.39, 0.29) is 10.8 Å². The number of hydrogen-bond acceptors (Lipinski definition) is 8. The van der Waals surface area contributed by atoms with Crippen LogP contribution in [0.5, 0.6) is 5.75 Å². The summed E-state index contributed by atoms with van der Waals surface area (Å²) >= 11 is 0. The van der Waals surface area contributed by atoms with Crippen LogP contribution in [0.15, 0.2) is 53.4 Å². The number of amides is 1. The van der Waals surface area contributed by atoms with Crippen LogP contribution in [0.2, 0.25) is 0 Å². The van der Waals surface area contributed by atoms with Crippen molar-refractivity contribution in [1.29, 1.82) is 0 Å². The summed E-state index contributed by atoms with van der Waals surface area (Å²) in [5.74, 6) is 2.64. The van der Waals surface area contributed by atoms with Crippen LogP contribution < -0.4 is 15.8 Å². The van der Waals surface area contributed by atoms with Gasteiger partial charge in [-0.1, -0.05) is 29.8 Å². The van der Waals surface area contributed by atoms with Crippen LogP contribution in [0.4, 0.5) is 0 Å². The lowest BCUT2D eigenvalue weighted by Gasteiger charge is -2.57. The Hall–Kier alpha value is -2.54. The van der Waals surface area contributed by atoms with Gasteiger partial charge in [0.2, 0.25) is 11.6 Å². The van der Waals surface area contributed by atoms with Crippen molar-refractivity contribution in [2.45, 2.75) is 126 Å². The van der Waals surface area contributed by atoms with E-state index in [1.807, 2.05) is 32.9 Å². The predicted octanol–water partition coefficient (Wildman–Crippen LogP) is 6.42. The van der Waals surface area contributed by atoms with Crippen molar-refractivity contribution in [3.63, 3.8) is 0 Å². The third-order valence-electron chi connectivity index (χ3n) is 11.0. The topological polar surface area (TPSA) is 146 Å². The van der Waals surface area contributed by atoms with Crippen molar-refractivity contribution >= 4 is 16.0 Å². The Labute approximate surface area is 285 Å². The molecule has 11 heteroatoms. The Morgan fingerprint density at radius 1 is 0.917 bits per heavy atom. The fourth-order valence-electron chi connectivity index (χ4n) is 8.57. The standard InChI is InChI=1S/C30H44N2O5.C7H8O3S/c1-27(2,31)18-32-26(33)28(3,4)34-25-7-5-21(6-8-25)22-9-11-29(12-10-22)35-30(37-36-29)23-14-19-13-20(16-23)17-24(30)15-19;1-6-2-4-7(5-3-6)11(8,9)10/h5-8,19-20,22-24H,9-18,31H2,1-4H3,(H,32,33);2-5H,1H3,(H,8,9,10). The summed E-state index contributed by atoms with van der Waals surface area (Å²) in [7, 11) is -4.02. The van der Waals surface area contributed by atoms with Gasteiger partial charge in [0.05, 0.1) is 4.90 Å². The molecule has 1 saturated heterocycles. The minimum Gasteiger partial charge on any atom is -0.478 e. The summed E-state index contributed by atoms with van der Waals surface area (Å²) in [6, 6.07) is 14.2. The molecule has 2 aromatic carbocycles. The lowest BCUT2D eigenvalue weighted by molar-refractivity contribution is -0.390. The first-order valence-electron chi connectivity index (χ1n) is 17.4. The highest BCUT2D eigenvalue weighted by molar-refractivity contribution is 7.85. The molecular formula is C37H52N2O8S. The summed E-state index contributed by atoms with van der Waals surface area (Å²) in [6.07, 6.45) is 10.1. The van der Waals surface area contributed by atoms with Gasteiger partial charge in [-0.2, -0.15) is 18.2 Å². The van der Waals surface area contributed by atoms with Crippen LogP contribution in [-0.4, -0.2) is 48.1 Å². The smallest absolute Gasteiger partial charge is 0.294 e. The van der Waals surface area contributed by atoms with Gasteiger partial charge in [0.1, 0.15) is 5.75 Å². The number of ether oxygens (including phenoxy) is 2. The second-order valence-corrected chi connectivity index (χ2v) is 17.5. The van der Waals surface area contributed by atoms with Gasteiger partial charge < -0.3 is 20.5 Å². The van der Waals surface area contributed by atoms with Crippen molar-refractivity contribution in [3.05, 3.63) is 59.7 Å². The second kappa shape index (κ2) is 13.0. The highest BCUT2D eigenvalue weighted by Crippen LogP contribution is 2.64.